The molecule has 1 atom stereocenters. The summed E-state index contributed by atoms with van der Waals surface area (Å²) in [6, 6.07) is 7.10. The van der Waals surface area contributed by atoms with Crippen molar-refractivity contribution in [1.29, 1.82) is 0 Å². The number of urea groups is 2. The molecule has 0 radical (unpaired) electrons. The molecular formula is C24H35N5O5. The summed E-state index contributed by atoms with van der Waals surface area (Å²) in [6.45, 7) is 9.91. The Kier molecular flexibility index (Phi) is 6.99. The topological polar surface area (TPSA) is 112 Å². The van der Waals surface area contributed by atoms with Gasteiger partial charge in [-0.15, -0.1) is 0 Å². The van der Waals surface area contributed by atoms with E-state index in [-0.39, 0.29) is 24.1 Å². The lowest BCUT2D eigenvalue weighted by molar-refractivity contribution is 0.00816. The maximum Gasteiger partial charge on any atom is 0.410 e. The monoisotopic (exact) mass is 473 g/mol. The fraction of sp³-hybridized carbons (Fsp3) is 0.625. The number of ether oxygens (including phenoxy) is 2. The molecule has 4 rings (SSSR count). The summed E-state index contributed by atoms with van der Waals surface area (Å²) in [5, 5.41) is 8.95. The van der Waals surface area contributed by atoms with Crippen molar-refractivity contribution in [2.24, 2.45) is 0 Å². The number of carbonyl (C=O) groups is 3. The van der Waals surface area contributed by atoms with Crippen molar-refractivity contribution in [1.82, 2.24) is 25.8 Å². The minimum Gasteiger partial charge on any atom is -0.444 e. The van der Waals surface area contributed by atoms with Gasteiger partial charge in [-0.2, -0.15) is 0 Å². The summed E-state index contributed by atoms with van der Waals surface area (Å²) in [6.07, 6.45) is 0.346. The smallest absolute Gasteiger partial charge is 0.410 e. The van der Waals surface area contributed by atoms with Gasteiger partial charge in [-0.1, -0.05) is 24.3 Å². The number of carbonyl (C=O) groups excluding carboxylic acids is 3. The molecule has 3 N–H and O–H groups in total. The highest BCUT2D eigenvalue weighted by atomic mass is 16.6. The molecular weight excluding hydrogens is 438 g/mol. The van der Waals surface area contributed by atoms with Gasteiger partial charge < -0.3 is 25.0 Å². The zero-order chi connectivity index (χ0) is 24.5. The third kappa shape index (κ3) is 5.61. The lowest BCUT2D eigenvalue weighted by Crippen LogP contribution is -2.70. The molecule has 3 aliphatic rings. The quantitative estimate of drug-likeness (QED) is 0.606. The molecule has 3 saturated heterocycles. The van der Waals surface area contributed by atoms with Crippen LogP contribution in [0.2, 0.25) is 0 Å². The van der Waals surface area contributed by atoms with Crippen LogP contribution < -0.4 is 16.0 Å². The van der Waals surface area contributed by atoms with Crippen molar-refractivity contribution < 1.29 is 23.9 Å². The Labute approximate surface area is 200 Å². The first-order chi connectivity index (χ1) is 16.1. The van der Waals surface area contributed by atoms with E-state index in [1.807, 2.05) is 39.8 Å². The number of nitrogens with zero attached hydrogens (tertiary/aromatic N) is 2. The molecule has 10 nitrogen and oxygen atoms in total. The van der Waals surface area contributed by atoms with Crippen molar-refractivity contribution in [3.63, 3.8) is 0 Å². The predicted octanol–water partition coefficient (Wildman–Crippen LogP) is 2.87. The third-order valence-corrected chi connectivity index (χ3v) is 6.36. The molecule has 0 aromatic heterocycles. The molecule has 0 bridgehead atoms. The average Bonchev–Trinajstić information content (AvgIpc) is 2.72. The molecule has 0 spiro atoms. The molecule has 0 saturated carbocycles. The van der Waals surface area contributed by atoms with Gasteiger partial charge in [0.2, 0.25) is 0 Å². The van der Waals surface area contributed by atoms with Crippen LogP contribution in [0.1, 0.15) is 63.6 Å². The molecule has 10 heteroatoms. The predicted molar refractivity (Wildman–Crippen MR) is 125 cm³/mol. The van der Waals surface area contributed by atoms with Gasteiger partial charge in [0.1, 0.15) is 5.60 Å². The number of hydrogen-bond acceptors (Lipinski definition) is 6. The van der Waals surface area contributed by atoms with Crippen molar-refractivity contribution in [2.45, 2.75) is 70.4 Å². The molecule has 0 aliphatic carbocycles. The number of amides is 5. The Balaban J connectivity index is 1.31. The first-order valence-electron chi connectivity index (χ1n) is 11.9. The van der Waals surface area contributed by atoms with Gasteiger partial charge in [0.05, 0.1) is 0 Å². The van der Waals surface area contributed by atoms with Crippen molar-refractivity contribution in [3.8, 4) is 0 Å². The Morgan fingerprint density at radius 2 is 1.79 bits per heavy atom. The second kappa shape index (κ2) is 9.79. The number of rotatable bonds is 5. The van der Waals surface area contributed by atoms with Gasteiger partial charge in [0.15, 0.2) is 6.29 Å². The molecule has 3 aliphatic heterocycles. The van der Waals surface area contributed by atoms with Gasteiger partial charge in [-0.05, 0) is 51.7 Å². The lowest BCUT2D eigenvalue weighted by Gasteiger charge is -2.40. The van der Waals surface area contributed by atoms with Crippen LogP contribution in [-0.2, 0) is 9.47 Å². The van der Waals surface area contributed by atoms with E-state index in [1.165, 1.54) is 4.90 Å². The summed E-state index contributed by atoms with van der Waals surface area (Å²) in [7, 11) is 0. The summed E-state index contributed by atoms with van der Waals surface area (Å²) < 4.78 is 10.8. The Hall–Kier alpha value is -2.85. The average molecular weight is 474 g/mol. The maximum absolute atomic E-state index is 12.6. The fourth-order valence-electron chi connectivity index (χ4n) is 4.47. The zero-order valence-corrected chi connectivity index (χ0v) is 20.3. The van der Waals surface area contributed by atoms with Crippen LogP contribution in [0.5, 0.6) is 0 Å². The van der Waals surface area contributed by atoms with Gasteiger partial charge >= 0.3 is 18.2 Å². The summed E-state index contributed by atoms with van der Waals surface area (Å²) in [4.78, 5) is 40.4. The number of hydrogen-bond donors (Lipinski definition) is 3. The van der Waals surface area contributed by atoms with E-state index >= 15 is 0 Å². The van der Waals surface area contributed by atoms with Crippen LogP contribution in [0.25, 0.3) is 0 Å². The molecule has 34 heavy (non-hydrogen) atoms. The molecule has 3 heterocycles. The minimum absolute atomic E-state index is 0.123. The number of likely N-dealkylation sites (tertiary alicyclic amines) is 1. The van der Waals surface area contributed by atoms with Crippen LogP contribution in [0.15, 0.2) is 24.3 Å². The van der Waals surface area contributed by atoms with Gasteiger partial charge in [0, 0.05) is 44.3 Å². The van der Waals surface area contributed by atoms with E-state index in [0.29, 0.717) is 39.1 Å². The zero-order valence-electron chi connectivity index (χ0n) is 20.3. The molecule has 1 aromatic rings. The standard InChI is InChI=1S/C24H35N5O5/c1-15(25-20-26-21(30)29(22(31)27-20)19-8-10-33-11-9-19)16-6-5-7-17(12-16)18-13-28(14-18)23(32)34-24(2,3)4/h5-7,12,15,18-20,25H,8-11,13-14H2,1-4H3,(H,26,30)(H,27,31)/t15-/m0/s1. The molecule has 0 unspecified atom stereocenters. The van der Waals surface area contributed by atoms with Crippen molar-refractivity contribution >= 4 is 18.2 Å². The Morgan fingerprint density at radius 1 is 1.15 bits per heavy atom. The van der Waals surface area contributed by atoms with Crippen molar-refractivity contribution in [3.05, 3.63) is 35.4 Å². The van der Waals surface area contributed by atoms with Crippen molar-refractivity contribution in [2.75, 3.05) is 26.3 Å². The van der Waals surface area contributed by atoms with E-state index < -0.39 is 24.0 Å². The highest BCUT2D eigenvalue weighted by molar-refractivity contribution is 5.96. The minimum atomic E-state index is -0.666. The first-order valence-corrected chi connectivity index (χ1v) is 11.9. The van der Waals surface area contributed by atoms with E-state index in [0.717, 1.165) is 11.1 Å². The molecule has 186 valence electrons. The number of benzene rings is 1. The summed E-state index contributed by atoms with van der Waals surface area (Å²) in [5.41, 5.74) is 1.67. The van der Waals surface area contributed by atoms with Gasteiger partial charge in [-0.25, -0.2) is 19.3 Å². The lowest BCUT2D eigenvalue weighted by atomic mass is 9.90. The maximum atomic E-state index is 12.6. The van der Waals surface area contributed by atoms with Crippen LogP contribution in [0.4, 0.5) is 14.4 Å². The normalized spacial score (nSPS) is 21.5. The second-order valence-electron chi connectivity index (χ2n) is 10.2. The highest BCUT2D eigenvalue weighted by Gasteiger charge is 2.38. The number of imide groups is 1. The van der Waals surface area contributed by atoms with Gasteiger partial charge in [-0.3, -0.25) is 5.32 Å². The van der Waals surface area contributed by atoms with Crippen LogP contribution >= 0.6 is 0 Å². The molecule has 3 fully saturated rings. The largest absolute Gasteiger partial charge is 0.444 e. The Bertz CT molecular complexity index is 903. The molecule has 1 aromatic carbocycles. The summed E-state index contributed by atoms with van der Waals surface area (Å²) >= 11 is 0. The third-order valence-electron chi connectivity index (χ3n) is 6.36. The van der Waals surface area contributed by atoms with E-state index in [1.54, 1.807) is 4.90 Å². The summed E-state index contributed by atoms with van der Waals surface area (Å²) in [5.74, 6) is 0.252. The van der Waals surface area contributed by atoms with E-state index in [2.05, 4.69) is 28.1 Å². The van der Waals surface area contributed by atoms with E-state index in [4.69, 9.17) is 9.47 Å². The fourth-order valence-corrected chi connectivity index (χ4v) is 4.47. The first kappa shape index (κ1) is 24.3. The number of nitrogens with one attached hydrogen (secondary N) is 3. The van der Waals surface area contributed by atoms with Crippen LogP contribution in [0, 0.1) is 0 Å². The SMILES string of the molecule is C[C@H](NC1NC(=O)N(C2CCOCC2)C(=O)N1)c1cccc(C2CN(C(=O)OC(C)(C)C)C2)c1. The molecule has 5 amide bonds. The van der Waals surface area contributed by atoms with Gasteiger partial charge in [0.25, 0.3) is 0 Å². The highest BCUT2D eigenvalue weighted by Crippen LogP contribution is 2.30. The van der Waals surface area contributed by atoms with E-state index in [9.17, 15) is 14.4 Å². The van der Waals surface area contributed by atoms with Crippen LogP contribution in [-0.4, -0.2) is 72.2 Å². The Morgan fingerprint density at radius 3 is 2.41 bits per heavy atom. The van der Waals surface area contributed by atoms with Crippen LogP contribution in [0.3, 0.4) is 0 Å². The second-order valence-corrected chi connectivity index (χ2v) is 10.2.